The zero-order valence-electron chi connectivity index (χ0n) is 16.3. The van der Waals surface area contributed by atoms with Crippen molar-refractivity contribution in [3.05, 3.63) is 54.1 Å². The third kappa shape index (κ3) is 6.70. The van der Waals surface area contributed by atoms with Gasteiger partial charge >= 0.3 is 0 Å². The van der Waals surface area contributed by atoms with Crippen molar-refractivity contribution in [3.8, 4) is 17.2 Å². The van der Waals surface area contributed by atoms with Crippen LogP contribution in [0, 0.1) is 0 Å². The first kappa shape index (κ1) is 20.4. The predicted molar refractivity (Wildman–Crippen MR) is 109 cm³/mol. The van der Waals surface area contributed by atoms with Gasteiger partial charge in [0.05, 0.1) is 19.8 Å². The zero-order valence-corrected chi connectivity index (χ0v) is 16.3. The number of anilines is 1. The molecule has 1 amide bonds. The largest absolute Gasteiger partial charge is 0.493 e. The molecule has 0 aliphatic carbocycles. The lowest BCUT2D eigenvalue weighted by Crippen LogP contribution is -2.08. The first-order valence-corrected chi connectivity index (χ1v) is 9.08. The lowest BCUT2D eigenvalue weighted by molar-refractivity contribution is -0.111. The number of amides is 1. The molecule has 1 N–H and O–H groups in total. The van der Waals surface area contributed by atoms with Crippen LogP contribution >= 0.6 is 0 Å². The molecule has 0 fully saturated rings. The van der Waals surface area contributed by atoms with E-state index < -0.39 is 0 Å². The van der Waals surface area contributed by atoms with Crippen LogP contribution in [0.15, 0.2) is 48.5 Å². The fourth-order valence-corrected chi connectivity index (χ4v) is 2.36. The van der Waals surface area contributed by atoms with E-state index in [-0.39, 0.29) is 12.0 Å². The van der Waals surface area contributed by atoms with Crippen LogP contribution in [0.1, 0.15) is 32.8 Å². The number of hydrogen-bond donors (Lipinski definition) is 1. The highest BCUT2D eigenvalue weighted by Gasteiger charge is 2.05. The first-order chi connectivity index (χ1) is 13.0. The quantitative estimate of drug-likeness (QED) is 0.637. The fourth-order valence-electron chi connectivity index (χ4n) is 2.36. The summed E-state index contributed by atoms with van der Waals surface area (Å²) in [5, 5.41) is 2.82. The number of methoxy groups -OCH3 is 1. The maximum absolute atomic E-state index is 12.1. The van der Waals surface area contributed by atoms with Crippen molar-refractivity contribution in [1.82, 2.24) is 0 Å². The Kier molecular flexibility index (Phi) is 7.74. The number of nitrogens with one attached hydrogen (secondary N) is 1. The van der Waals surface area contributed by atoms with Gasteiger partial charge in [-0.2, -0.15) is 0 Å². The summed E-state index contributed by atoms with van der Waals surface area (Å²) in [4.78, 5) is 12.1. The van der Waals surface area contributed by atoms with E-state index in [0.29, 0.717) is 23.8 Å². The first-order valence-electron chi connectivity index (χ1n) is 9.08. The average Bonchev–Trinajstić information content (AvgIpc) is 2.66. The van der Waals surface area contributed by atoms with Crippen molar-refractivity contribution >= 4 is 17.7 Å². The second-order valence-electron chi connectivity index (χ2n) is 6.27. The van der Waals surface area contributed by atoms with Gasteiger partial charge in [-0.15, -0.1) is 0 Å². The van der Waals surface area contributed by atoms with Gasteiger partial charge < -0.3 is 19.5 Å². The molecule has 2 rings (SSSR count). The van der Waals surface area contributed by atoms with Crippen LogP contribution in [0.25, 0.3) is 6.08 Å². The van der Waals surface area contributed by atoms with E-state index >= 15 is 0 Å². The highest BCUT2D eigenvalue weighted by atomic mass is 16.5. The molecule has 5 heteroatoms. The second kappa shape index (κ2) is 10.3. The molecule has 0 bridgehead atoms. The molecule has 0 saturated carbocycles. The Morgan fingerprint density at radius 1 is 1.11 bits per heavy atom. The third-order valence-corrected chi connectivity index (χ3v) is 3.57. The van der Waals surface area contributed by atoms with Crippen LogP contribution < -0.4 is 19.5 Å². The molecular formula is C22H27NO4. The van der Waals surface area contributed by atoms with E-state index in [4.69, 9.17) is 14.2 Å². The third-order valence-electron chi connectivity index (χ3n) is 3.57. The van der Waals surface area contributed by atoms with Gasteiger partial charge in [-0.05, 0) is 68.3 Å². The molecule has 0 radical (unpaired) electrons. The Morgan fingerprint density at radius 3 is 2.48 bits per heavy atom. The molecule has 0 unspecified atom stereocenters. The summed E-state index contributed by atoms with van der Waals surface area (Å²) in [6, 6.07) is 12.9. The van der Waals surface area contributed by atoms with Crippen molar-refractivity contribution in [2.45, 2.75) is 33.3 Å². The van der Waals surface area contributed by atoms with Gasteiger partial charge in [-0.1, -0.05) is 13.0 Å². The number of ether oxygens (including phenoxy) is 3. The fraction of sp³-hybridized carbons (Fsp3) is 0.318. The van der Waals surface area contributed by atoms with Gasteiger partial charge in [0.2, 0.25) is 5.91 Å². The second-order valence-corrected chi connectivity index (χ2v) is 6.27. The number of rotatable bonds is 9. The van der Waals surface area contributed by atoms with Gasteiger partial charge in [0.15, 0.2) is 11.5 Å². The van der Waals surface area contributed by atoms with E-state index in [9.17, 15) is 4.79 Å². The van der Waals surface area contributed by atoms with Crippen LogP contribution in [0.4, 0.5) is 5.69 Å². The van der Waals surface area contributed by atoms with E-state index in [0.717, 1.165) is 17.7 Å². The van der Waals surface area contributed by atoms with Gasteiger partial charge in [-0.3, -0.25) is 4.79 Å². The normalized spacial score (nSPS) is 10.9. The van der Waals surface area contributed by atoms with E-state index in [1.54, 1.807) is 13.2 Å². The Balaban J connectivity index is 1.97. The summed E-state index contributed by atoms with van der Waals surface area (Å²) in [7, 11) is 1.60. The predicted octanol–water partition coefficient (Wildman–Crippen LogP) is 4.92. The van der Waals surface area contributed by atoms with Crippen LogP contribution in [0.3, 0.4) is 0 Å². The van der Waals surface area contributed by atoms with Crippen molar-refractivity contribution in [2.24, 2.45) is 0 Å². The molecule has 144 valence electrons. The maximum Gasteiger partial charge on any atom is 0.248 e. The molecule has 0 heterocycles. The Morgan fingerprint density at radius 2 is 1.85 bits per heavy atom. The molecular weight excluding hydrogens is 342 g/mol. The van der Waals surface area contributed by atoms with Crippen molar-refractivity contribution < 1.29 is 19.0 Å². The molecule has 0 aliphatic rings. The van der Waals surface area contributed by atoms with Crippen LogP contribution in [-0.4, -0.2) is 25.7 Å². The van der Waals surface area contributed by atoms with E-state index in [2.05, 4.69) is 5.32 Å². The molecule has 2 aromatic rings. The summed E-state index contributed by atoms with van der Waals surface area (Å²) in [5.74, 6) is 1.91. The lowest BCUT2D eigenvalue weighted by Gasteiger charge is -2.10. The standard InChI is InChI=1S/C22H27NO4/c1-5-14-26-20-12-6-17(15-21(20)25-4)7-13-22(24)23-18-8-10-19(11-9-18)27-16(2)3/h6-13,15-16H,5,14H2,1-4H3,(H,23,24)/b13-7+. The minimum atomic E-state index is -0.210. The van der Waals surface area contributed by atoms with Crippen molar-refractivity contribution in [3.63, 3.8) is 0 Å². The zero-order chi connectivity index (χ0) is 19.6. The maximum atomic E-state index is 12.1. The van der Waals surface area contributed by atoms with E-state index in [1.807, 2.05) is 63.2 Å². The van der Waals surface area contributed by atoms with Crippen LogP contribution in [0.5, 0.6) is 17.2 Å². The SMILES string of the molecule is CCCOc1ccc(/C=C/C(=O)Nc2ccc(OC(C)C)cc2)cc1OC. The van der Waals surface area contributed by atoms with Gasteiger partial charge in [0, 0.05) is 11.8 Å². The number of carbonyl (C=O) groups excluding carboxylic acids is 1. The van der Waals surface area contributed by atoms with Crippen molar-refractivity contribution in [2.75, 3.05) is 19.0 Å². The number of hydrogen-bond acceptors (Lipinski definition) is 4. The minimum Gasteiger partial charge on any atom is -0.493 e. The highest BCUT2D eigenvalue weighted by Crippen LogP contribution is 2.28. The van der Waals surface area contributed by atoms with Crippen LogP contribution in [0.2, 0.25) is 0 Å². The summed E-state index contributed by atoms with van der Waals surface area (Å²) >= 11 is 0. The number of benzene rings is 2. The molecule has 0 aliphatic heterocycles. The Bertz CT molecular complexity index is 766. The van der Waals surface area contributed by atoms with E-state index in [1.165, 1.54) is 6.08 Å². The minimum absolute atomic E-state index is 0.115. The Hall–Kier alpha value is -2.95. The summed E-state index contributed by atoms with van der Waals surface area (Å²) in [6.07, 6.45) is 4.26. The molecule has 27 heavy (non-hydrogen) atoms. The van der Waals surface area contributed by atoms with Gasteiger partial charge in [0.25, 0.3) is 0 Å². The average molecular weight is 369 g/mol. The molecule has 0 spiro atoms. The molecule has 0 atom stereocenters. The van der Waals surface area contributed by atoms with Gasteiger partial charge in [0.1, 0.15) is 5.75 Å². The Labute approximate surface area is 161 Å². The topological polar surface area (TPSA) is 56.8 Å². The molecule has 2 aromatic carbocycles. The van der Waals surface area contributed by atoms with Crippen LogP contribution in [-0.2, 0) is 4.79 Å². The smallest absolute Gasteiger partial charge is 0.248 e. The monoisotopic (exact) mass is 369 g/mol. The summed E-state index contributed by atoms with van der Waals surface area (Å²) in [5.41, 5.74) is 1.56. The number of carbonyl (C=O) groups is 1. The molecule has 5 nitrogen and oxygen atoms in total. The lowest BCUT2D eigenvalue weighted by atomic mass is 10.2. The van der Waals surface area contributed by atoms with Gasteiger partial charge in [-0.25, -0.2) is 0 Å². The van der Waals surface area contributed by atoms with Crippen molar-refractivity contribution in [1.29, 1.82) is 0 Å². The summed E-state index contributed by atoms with van der Waals surface area (Å²) < 4.78 is 16.6. The summed E-state index contributed by atoms with van der Waals surface area (Å²) in [6.45, 7) is 6.62. The molecule has 0 aromatic heterocycles. The highest BCUT2D eigenvalue weighted by molar-refractivity contribution is 6.01. The molecule has 0 saturated heterocycles.